The number of anilines is 1. The molecule has 1 saturated carbocycles. The third-order valence-corrected chi connectivity index (χ3v) is 3.94. The van der Waals surface area contributed by atoms with Gasteiger partial charge in [0.15, 0.2) is 0 Å². The number of hydrogen-bond acceptors (Lipinski definition) is 5. The van der Waals surface area contributed by atoms with Gasteiger partial charge in [-0.05, 0) is 12.8 Å². The molecule has 2 fully saturated rings. The first kappa shape index (κ1) is 13.1. The molecular formula is C13H18ClN3O2. The van der Waals surface area contributed by atoms with Gasteiger partial charge in [-0.1, -0.05) is 11.6 Å². The van der Waals surface area contributed by atoms with Crippen LogP contribution in [0, 0.1) is 0 Å². The minimum absolute atomic E-state index is 0.253. The van der Waals surface area contributed by atoms with Crippen molar-refractivity contribution in [1.82, 2.24) is 9.97 Å². The van der Waals surface area contributed by atoms with E-state index >= 15 is 0 Å². The van der Waals surface area contributed by atoms with E-state index in [9.17, 15) is 0 Å². The van der Waals surface area contributed by atoms with Crippen LogP contribution in [-0.2, 0) is 9.47 Å². The average Bonchev–Trinajstić information content (AvgIpc) is 3.16. The summed E-state index contributed by atoms with van der Waals surface area (Å²) in [5.74, 6) is 2.11. The van der Waals surface area contributed by atoms with Gasteiger partial charge in [-0.25, -0.2) is 9.97 Å². The summed E-state index contributed by atoms with van der Waals surface area (Å²) in [6.07, 6.45) is 3.22. The molecule has 3 rings (SSSR count). The van der Waals surface area contributed by atoms with Gasteiger partial charge in [0, 0.05) is 38.7 Å². The van der Waals surface area contributed by atoms with Gasteiger partial charge >= 0.3 is 0 Å². The van der Waals surface area contributed by atoms with E-state index in [0.717, 1.165) is 37.5 Å². The highest BCUT2D eigenvalue weighted by Gasteiger charge is 2.35. The Kier molecular flexibility index (Phi) is 3.60. The van der Waals surface area contributed by atoms with Crippen LogP contribution in [0.1, 0.15) is 31.0 Å². The Morgan fingerprint density at radius 3 is 3.00 bits per heavy atom. The van der Waals surface area contributed by atoms with Crippen molar-refractivity contribution < 1.29 is 9.47 Å². The first-order valence-electron chi connectivity index (χ1n) is 6.62. The molecule has 6 heteroatoms. The number of methoxy groups -OCH3 is 1. The maximum absolute atomic E-state index is 6.04. The molecule has 2 aliphatic rings. The van der Waals surface area contributed by atoms with Crippen LogP contribution >= 0.6 is 11.6 Å². The van der Waals surface area contributed by atoms with Crippen LogP contribution in [-0.4, -0.2) is 42.4 Å². The van der Waals surface area contributed by atoms with Gasteiger partial charge < -0.3 is 14.8 Å². The molecule has 1 atom stereocenters. The predicted molar refractivity (Wildman–Crippen MR) is 72.7 cm³/mol. The quantitative estimate of drug-likeness (QED) is 0.840. The van der Waals surface area contributed by atoms with Crippen LogP contribution in [0.4, 0.5) is 5.82 Å². The number of rotatable bonds is 5. The van der Waals surface area contributed by atoms with Crippen molar-refractivity contribution in [3.63, 3.8) is 0 Å². The van der Waals surface area contributed by atoms with Crippen LogP contribution < -0.4 is 5.32 Å². The molecule has 1 aliphatic carbocycles. The Balaban J connectivity index is 1.69. The maximum Gasteiger partial charge on any atom is 0.135 e. The number of halogens is 1. The molecule has 0 spiro atoms. The van der Waals surface area contributed by atoms with Crippen LogP contribution in [0.25, 0.3) is 0 Å². The molecule has 1 aliphatic heterocycles. The minimum Gasteiger partial charge on any atom is -0.378 e. The van der Waals surface area contributed by atoms with Crippen molar-refractivity contribution in [2.45, 2.75) is 30.8 Å². The zero-order valence-corrected chi connectivity index (χ0v) is 11.7. The highest BCUT2D eigenvalue weighted by atomic mass is 35.5. The molecule has 5 nitrogen and oxygen atoms in total. The van der Waals surface area contributed by atoms with E-state index in [0.29, 0.717) is 24.2 Å². The van der Waals surface area contributed by atoms with Gasteiger partial charge in [0.2, 0.25) is 0 Å². The number of nitrogens with zero attached hydrogens (tertiary/aromatic N) is 2. The highest BCUT2D eigenvalue weighted by molar-refractivity contribution is 6.29. The fourth-order valence-corrected chi connectivity index (χ4v) is 2.45. The fraction of sp³-hybridized carbons (Fsp3) is 0.692. The normalized spacial score (nSPS) is 26.6. The first-order valence-corrected chi connectivity index (χ1v) is 7.00. The molecule has 0 bridgehead atoms. The van der Waals surface area contributed by atoms with Gasteiger partial charge in [0.05, 0.1) is 6.61 Å². The Hall–Kier alpha value is -0.910. The lowest BCUT2D eigenvalue weighted by Gasteiger charge is -2.26. The van der Waals surface area contributed by atoms with E-state index in [4.69, 9.17) is 21.1 Å². The van der Waals surface area contributed by atoms with Gasteiger partial charge in [0.1, 0.15) is 22.4 Å². The molecule has 1 unspecified atom stereocenters. The van der Waals surface area contributed by atoms with Crippen molar-refractivity contribution in [2.75, 3.05) is 32.2 Å². The SMILES string of the molecule is COC1(CNc2cc(Cl)nc(C3CC3)n2)CCOC1. The second-order valence-electron chi connectivity index (χ2n) is 5.25. The molecule has 104 valence electrons. The zero-order valence-electron chi connectivity index (χ0n) is 11.0. The topological polar surface area (TPSA) is 56.3 Å². The van der Waals surface area contributed by atoms with Gasteiger partial charge in [-0.15, -0.1) is 0 Å². The molecule has 0 aromatic carbocycles. The molecule has 1 saturated heterocycles. The lowest BCUT2D eigenvalue weighted by atomic mass is 10.0. The van der Waals surface area contributed by atoms with Crippen LogP contribution in [0.3, 0.4) is 0 Å². The summed E-state index contributed by atoms with van der Waals surface area (Å²) in [6.45, 7) is 2.03. The van der Waals surface area contributed by atoms with Crippen LogP contribution in [0.2, 0.25) is 5.15 Å². The van der Waals surface area contributed by atoms with Crippen LogP contribution in [0.15, 0.2) is 6.07 Å². The Morgan fingerprint density at radius 1 is 1.53 bits per heavy atom. The second-order valence-corrected chi connectivity index (χ2v) is 5.64. The molecule has 2 heterocycles. The molecule has 19 heavy (non-hydrogen) atoms. The Labute approximate surface area is 117 Å². The smallest absolute Gasteiger partial charge is 0.135 e. The van der Waals surface area contributed by atoms with Crippen molar-refractivity contribution in [2.24, 2.45) is 0 Å². The average molecular weight is 284 g/mol. The predicted octanol–water partition coefficient (Wildman–Crippen LogP) is 2.22. The minimum atomic E-state index is -0.253. The number of ether oxygens (including phenoxy) is 2. The molecule has 1 aromatic heterocycles. The number of aromatic nitrogens is 2. The van der Waals surface area contributed by atoms with Crippen molar-refractivity contribution >= 4 is 17.4 Å². The van der Waals surface area contributed by atoms with E-state index in [1.165, 1.54) is 0 Å². The molecular weight excluding hydrogens is 266 g/mol. The molecule has 0 amide bonds. The van der Waals surface area contributed by atoms with Gasteiger partial charge in [0.25, 0.3) is 0 Å². The molecule has 1 aromatic rings. The summed E-state index contributed by atoms with van der Waals surface area (Å²) in [4.78, 5) is 8.79. The van der Waals surface area contributed by atoms with Gasteiger partial charge in [-0.3, -0.25) is 0 Å². The lowest BCUT2D eigenvalue weighted by Crippen LogP contribution is -2.39. The molecule has 0 radical (unpaired) electrons. The lowest BCUT2D eigenvalue weighted by molar-refractivity contribution is -0.00625. The number of nitrogens with one attached hydrogen (secondary N) is 1. The Morgan fingerprint density at radius 2 is 2.37 bits per heavy atom. The summed E-state index contributed by atoms with van der Waals surface area (Å²) in [7, 11) is 1.72. The standard InChI is InChI=1S/C13H18ClN3O2/c1-18-13(4-5-19-8-13)7-15-11-6-10(14)16-12(17-11)9-2-3-9/h6,9H,2-5,7-8H2,1H3,(H,15,16,17). The summed E-state index contributed by atoms with van der Waals surface area (Å²) in [5.41, 5.74) is -0.253. The fourth-order valence-electron chi connectivity index (χ4n) is 2.26. The van der Waals surface area contributed by atoms with E-state index in [1.807, 2.05) is 0 Å². The summed E-state index contributed by atoms with van der Waals surface area (Å²) >= 11 is 6.04. The zero-order chi connectivity index (χ0) is 13.3. The van der Waals surface area contributed by atoms with Crippen molar-refractivity contribution in [1.29, 1.82) is 0 Å². The van der Waals surface area contributed by atoms with E-state index in [2.05, 4.69) is 15.3 Å². The van der Waals surface area contributed by atoms with Crippen molar-refractivity contribution in [3.8, 4) is 0 Å². The summed E-state index contributed by atoms with van der Waals surface area (Å²) in [5, 5.41) is 3.80. The van der Waals surface area contributed by atoms with Crippen LogP contribution in [0.5, 0.6) is 0 Å². The first-order chi connectivity index (χ1) is 9.21. The monoisotopic (exact) mass is 283 g/mol. The van der Waals surface area contributed by atoms with E-state index in [-0.39, 0.29) is 5.60 Å². The second kappa shape index (κ2) is 5.23. The molecule has 1 N–H and O–H groups in total. The van der Waals surface area contributed by atoms with E-state index < -0.39 is 0 Å². The third kappa shape index (κ3) is 2.99. The summed E-state index contributed by atoms with van der Waals surface area (Å²) in [6, 6.07) is 1.76. The Bertz CT molecular complexity index is 459. The summed E-state index contributed by atoms with van der Waals surface area (Å²) < 4.78 is 11.0. The third-order valence-electron chi connectivity index (χ3n) is 3.75. The van der Waals surface area contributed by atoms with E-state index in [1.54, 1.807) is 13.2 Å². The number of hydrogen-bond donors (Lipinski definition) is 1. The van der Waals surface area contributed by atoms with Gasteiger partial charge in [-0.2, -0.15) is 0 Å². The largest absolute Gasteiger partial charge is 0.378 e. The van der Waals surface area contributed by atoms with Crippen molar-refractivity contribution in [3.05, 3.63) is 17.0 Å². The highest BCUT2D eigenvalue weighted by Crippen LogP contribution is 2.38. The maximum atomic E-state index is 6.04.